The summed E-state index contributed by atoms with van der Waals surface area (Å²) in [6.07, 6.45) is 0. The van der Waals surface area contributed by atoms with Crippen LogP contribution in [0.15, 0.2) is 65.2 Å². The van der Waals surface area contributed by atoms with Crippen LogP contribution in [0, 0.1) is 12.7 Å². The van der Waals surface area contributed by atoms with Crippen LogP contribution >= 0.6 is 0 Å². The van der Waals surface area contributed by atoms with Crippen molar-refractivity contribution >= 4 is 28.7 Å². The first-order valence-electron chi connectivity index (χ1n) is 10.0. The molecule has 0 atom stereocenters. The number of amides is 1. The number of ether oxygens (including phenoxy) is 1. The maximum atomic E-state index is 13.2. The minimum absolute atomic E-state index is 0.212. The van der Waals surface area contributed by atoms with Gasteiger partial charge in [-0.05, 0) is 44.2 Å². The summed E-state index contributed by atoms with van der Waals surface area (Å²) in [4.78, 5) is 31.5. The Morgan fingerprint density at radius 3 is 2.50 bits per heavy atom. The van der Waals surface area contributed by atoms with E-state index in [1.54, 1.807) is 19.9 Å². The van der Waals surface area contributed by atoms with Crippen LogP contribution in [-0.4, -0.2) is 35.2 Å². The van der Waals surface area contributed by atoms with E-state index in [0.29, 0.717) is 29.0 Å². The highest BCUT2D eigenvalue weighted by Gasteiger charge is 2.22. The maximum Gasteiger partial charge on any atom is 0.339 e. The molecule has 7 nitrogen and oxygen atoms in total. The molecule has 0 bridgehead atoms. The van der Waals surface area contributed by atoms with Crippen molar-refractivity contribution in [3.63, 3.8) is 0 Å². The Hall–Kier alpha value is -4.07. The van der Waals surface area contributed by atoms with Crippen molar-refractivity contribution in [2.75, 3.05) is 18.1 Å². The van der Waals surface area contributed by atoms with E-state index in [9.17, 15) is 14.0 Å². The molecule has 2 aromatic heterocycles. The fourth-order valence-corrected chi connectivity index (χ4v) is 3.42. The zero-order valence-corrected chi connectivity index (χ0v) is 17.5. The first-order chi connectivity index (χ1) is 15.5. The van der Waals surface area contributed by atoms with Gasteiger partial charge in [0.1, 0.15) is 5.82 Å². The molecule has 4 aromatic rings. The molecule has 0 aliphatic carbocycles. The quantitative estimate of drug-likeness (QED) is 0.415. The van der Waals surface area contributed by atoms with Crippen LogP contribution in [0.4, 0.5) is 10.1 Å². The van der Waals surface area contributed by atoms with Crippen LogP contribution in [0.5, 0.6) is 0 Å². The van der Waals surface area contributed by atoms with Gasteiger partial charge in [0.05, 0.1) is 22.3 Å². The lowest BCUT2D eigenvalue weighted by Gasteiger charge is -2.21. The molecule has 0 N–H and O–H groups in total. The van der Waals surface area contributed by atoms with Gasteiger partial charge in [-0.1, -0.05) is 35.5 Å². The number of carbonyl (C=O) groups is 2. The van der Waals surface area contributed by atoms with Gasteiger partial charge in [-0.3, -0.25) is 4.79 Å². The van der Waals surface area contributed by atoms with Crippen LogP contribution in [0.1, 0.15) is 23.0 Å². The minimum atomic E-state index is -0.690. The normalized spacial score (nSPS) is 10.8. The number of halogens is 1. The second-order valence-electron chi connectivity index (χ2n) is 7.06. The summed E-state index contributed by atoms with van der Waals surface area (Å²) in [7, 11) is 0. The van der Waals surface area contributed by atoms with E-state index in [4.69, 9.17) is 9.26 Å². The van der Waals surface area contributed by atoms with E-state index in [1.807, 2.05) is 30.3 Å². The average Bonchev–Trinajstić information content (AvgIpc) is 3.20. The first-order valence-corrected chi connectivity index (χ1v) is 10.0. The summed E-state index contributed by atoms with van der Waals surface area (Å²) in [5.41, 5.74) is 2.75. The third kappa shape index (κ3) is 4.20. The molecule has 162 valence electrons. The fourth-order valence-electron chi connectivity index (χ4n) is 3.42. The Morgan fingerprint density at radius 1 is 1.09 bits per heavy atom. The van der Waals surface area contributed by atoms with Crippen molar-refractivity contribution in [2.24, 2.45) is 0 Å². The Morgan fingerprint density at radius 2 is 1.81 bits per heavy atom. The number of benzene rings is 2. The third-order valence-electron chi connectivity index (χ3n) is 4.99. The monoisotopic (exact) mass is 433 g/mol. The Kier molecular flexibility index (Phi) is 5.93. The lowest BCUT2D eigenvalue weighted by atomic mass is 10.1. The van der Waals surface area contributed by atoms with Crippen molar-refractivity contribution in [1.82, 2.24) is 10.1 Å². The van der Waals surface area contributed by atoms with Crippen molar-refractivity contribution in [1.29, 1.82) is 0 Å². The molecule has 0 aliphatic rings. The summed E-state index contributed by atoms with van der Waals surface area (Å²) in [5, 5.41) is 4.34. The number of rotatable bonds is 6. The molecular weight excluding hydrogens is 413 g/mol. The second kappa shape index (κ2) is 8.97. The van der Waals surface area contributed by atoms with Crippen molar-refractivity contribution in [3.05, 3.63) is 77.7 Å². The molecule has 8 heteroatoms. The van der Waals surface area contributed by atoms with Crippen LogP contribution in [0.3, 0.4) is 0 Å². The zero-order valence-electron chi connectivity index (χ0n) is 17.5. The van der Waals surface area contributed by atoms with Crippen LogP contribution in [0.25, 0.3) is 22.4 Å². The standard InChI is InChI=1S/C24H20FN3O4/c1-3-28(18-11-9-17(25)10-12-18)21(29)14-31-24(30)19-13-20(16-7-5-4-6-8-16)26-23-22(19)15(2)27-32-23/h4-13H,3,14H2,1-2H3. The topological polar surface area (TPSA) is 85.5 Å². The summed E-state index contributed by atoms with van der Waals surface area (Å²) in [6, 6.07) is 16.4. The van der Waals surface area contributed by atoms with Gasteiger partial charge in [0.15, 0.2) is 6.61 Å². The molecule has 0 saturated carbocycles. The van der Waals surface area contributed by atoms with Gasteiger partial charge >= 0.3 is 5.97 Å². The Balaban J connectivity index is 1.59. The fraction of sp³-hybridized carbons (Fsp3) is 0.167. The molecule has 0 radical (unpaired) electrons. The molecule has 1 amide bonds. The third-order valence-corrected chi connectivity index (χ3v) is 4.99. The maximum absolute atomic E-state index is 13.2. The molecule has 2 aromatic carbocycles. The van der Waals surface area contributed by atoms with E-state index in [0.717, 1.165) is 5.56 Å². The minimum Gasteiger partial charge on any atom is -0.452 e. The highest BCUT2D eigenvalue weighted by Crippen LogP contribution is 2.27. The number of hydrogen-bond acceptors (Lipinski definition) is 6. The lowest BCUT2D eigenvalue weighted by Crippen LogP contribution is -2.34. The second-order valence-corrected chi connectivity index (χ2v) is 7.06. The number of anilines is 1. The average molecular weight is 433 g/mol. The van der Waals surface area contributed by atoms with Crippen molar-refractivity contribution in [3.8, 4) is 11.3 Å². The van der Waals surface area contributed by atoms with Crippen LogP contribution in [-0.2, 0) is 9.53 Å². The smallest absolute Gasteiger partial charge is 0.339 e. The summed E-state index contributed by atoms with van der Waals surface area (Å²) < 4.78 is 23.8. The van der Waals surface area contributed by atoms with Gasteiger partial charge in [-0.25, -0.2) is 14.2 Å². The number of nitrogens with zero attached hydrogens (tertiary/aromatic N) is 3. The molecule has 0 fully saturated rings. The first kappa shape index (κ1) is 21.2. The lowest BCUT2D eigenvalue weighted by molar-refractivity contribution is -0.121. The molecule has 4 rings (SSSR count). The highest BCUT2D eigenvalue weighted by atomic mass is 19.1. The molecule has 0 aliphatic heterocycles. The number of esters is 1. The van der Waals surface area contributed by atoms with Gasteiger partial charge in [0.2, 0.25) is 0 Å². The van der Waals surface area contributed by atoms with Gasteiger partial charge < -0.3 is 14.2 Å². The SMILES string of the molecule is CCN(C(=O)COC(=O)c1cc(-c2ccccc2)nc2onc(C)c12)c1ccc(F)cc1. The van der Waals surface area contributed by atoms with E-state index in [-0.39, 0.29) is 11.3 Å². The summed E-state index contributed by atoms with van der Waals surface area (Å²) >= 11 is 0. The number of likely N-dealkylation sites (N-methyl/N-ethyl adjacent to an activating group) is 1. The zero-order chi connectivity index (χ0) is 22.7. The highest BCUT2D eigenvalue weighted by molar-refractivity contribution is 6.05. The van der Waals surface area contributed by atoms with E-state index in [2.05, 4.69) is 10.1 Å². The van der Waals surface area contributed by atoms with E-state index < -0.39 is 24.3 Å². The Bertz CT molecular complexity index is 1270. The molecule has 2 heterocycles. The molecule has 0 unspecified atom stereocenters. The number of aromatic nitrogens is 2. The molecule has 32 heavy (non-hydrogen) atoms. The number of hydrogen-bond donors (Lipinski definition) is 0. The summed E-state index contributed by atoms with van der Waals surface area (Å²) in [6.45, 7) is 3.34. The predicted molar refractivity (Wildman–Crippen MR) is 117 cm³/mol. The largest absolute Gasteiger partial charge is 0.452 e. The Labute approximate surface area is 183 Å². The van der Waals surface area contributed by atoms with E-state index in [1.165, 1.54) is 29.2 Å². The predicted octanol–water partition coefficient (Wildman–Crippen LogP) is 4.55. The van der Waals surface area contributed by atoms with Gasteiger partial charge in [0, 0.05) is 17.8 Å². The van der Waals surface area contributed by atoms with Crippen LogP contribution in [0.2, 0.25) is 0 Å². The molecule has 0 saturated heterocycles. The molecular formula is C24H20FN3O4. The van der Waals surface area contributed by atoms with Crippen molar-refractivity contribution in [2.45, 2.75) is 13.8 Å². The van der Waals surface area contributed by atoms with Gasteiger partial charge in [-0.2, -0.15) is 0 Å². The van der Waals surface area contributed by atoms with Gasteiger partial charge in [0.25, 0.3) is 11.6 Å². The number of carbonyl (C=O) groups excluding carboxylic acids is 2. The number of fused-ring (bicyclic) bond motifs is 1. The van der Waals surface area contributed by atoms with Crippen LogP contribution < -0.4 is 4.90 Å². The van der Waals surface area contributed by atoms with E-state index >= 15 is 0 Å². The molecule has 0 spiro atoms. The summed E-state index contributed by atoms with van der Waals surface area (Å²) in [5.74, 6) is -1.52. The van der Waals surface area contributed by atoms with Crippen molar-refractivity contribution < 1.29 is 23.2 Å². The number of pyridine rings is 1. The van der Waals surface area contributed by atoms with Gasteiger partial charge in [-0.15, -0.1) is 0 Å². The number of aryl methyl sites for hydroxylation is 1.